The number of hydrogen-bond acceptors (Lipinski definition) is 7. The summed E-state index contributed by atoms with van der Waals surface area (Å²) < 4.78 is 5.06. The van der Waals surface area contributed by atoms with Crippen molar-refractivity contribution < 1.29 is 14.3 Å². The minimum absolute atomic E-state index is 0.0358. The lowest BCUT2D eigenvalue weighted by Crippen LogP contribution is -2.49. The summed E-state index contributed by atoms with van der Waals surface area (Å²) in [5.74, 6) is 1.35. The zero-order valence-corrected chi connectivity index (χ0v) is 16.4. The number of nitrogens with one attached hydrogen (secondary N) is 1. The molecule has 1 saturated heterocycles. The third-order valence-corrected chi connectivity index (χ3v) is 4.49. The van der Waals surface area contributed by atoms with Gasteiger partial charge in [-0.05, 0) is 45.0 Å². The molecule has 1 aromatic carbocycles. The number of aryl methyl sites for hydroxylation is 1. The number of hydrogen-bond donors (Lipinski definition) is 1. The van der Waals surface area contributed by atoms with Crippen molar-refractivity contribution in [2.75, 3.05) is 43.0 Å². The van der Waals surface area contributed by atoms with Gasteiger partial charge in [0.15, 0.2) is 5.78 Å². The predicted molar refractivity (Wildman–Crippen MR) is 107 cm³/mol. The molecule has 1 fully saturated rings. The van der Waals surface area contributed by atoms with Gasteiger partial charge in [-0.25, -0.2) is 9.78 Å². The summed E-state index contributed by atoms with van der Waals surface area (Å²) in [7, 11) is 0. The lowest BCUT2D eigenvalue weighted by Gasteiger charge is -2.34. The summed E-state index contributed by atoms with van der Waals surface area (Å²) in [5.41, 5.74) is 2.37. The van der Waals surface area contributed by atoms with E-state index in [2.05, 4.69) is 20.2 Å². The molecular weight excluding hydrogens is 358 g/mol. The van der Waals surface area contributed by atoms with Crippen molar-refractivity contribution in [3.63, 3.8) is 0 Å². The van der Waals surface area contributed by atoms with Crippen molar-refractivity contribution in [3.8, 4) is 0 Å². The zero-order valence-electron chi connectivity index (χ0n) is 16.4. The molecule has 2 heterocycles. The van der Waals surface area contributed by atoms with Crippen molar-refractivity contribution in [2.24, 2.45) is 0 Å². The van der Waals surface area contributed by atoms with Gasteiger partial charge in [-0.3, -0.25) is 4.79 Å². The molecule has 0 aliphatic carbocycles. The Balaban J connectivity index is 1.68. The Morgan fingerprint density at radius 1 is 1.11 bits per heavy atom. The van der Waals surface area contributed by atoms with Crippen LogP contribution in [-0.2, 0) is 4.74 Å². The van der Waals surface area contributed by atoms with Crippen LogP contribution in [0.3, 0.4) is 0 Å². The van der Waals surface area contributed by atoms with E-state index in [-0.39, 0.29) is 11.9 Å². The molecule has 1 amide bonds. The van der Waals surface area contributed by atoms with E-state index in [4.69, 9.17) is 4.74 Å². The maximum Gasteiger partial charge on any atom is 0.409 e. The highest BCUT2D eigenvalue weighted by Crippen LogP contribution is 2.20. The Labute approximate surface area is 164 Å². The van der Waals surface area contributed by atoms with Gasteiger partial charge in [0.1, 0.15) is 5.82 Å². The maximum absolute atomic E-state index is 11.8. The number of rotatable bonds is 5. The van der Waals surface area contributed by atoms with Crippen LogP contribution in [-0.4, -0.2) is 59.5 Å². The molecule has 8 nitrogen and oxygen atoms in total. The van der Waals surface area contributed by atoms with Crippen LogP contribution >= 0.6 is 0 Å². The van der Waals surface area contributed by atoms with Crippen molar-refractivity contribution in [3.05, 3.63) is 41.6 Å². The van der Waals surface area contributed by atoms with Crippen molar-refractivity contribution in [2.45, 2.75) is 20.8 Å². The van der Waals surface area contributed by atoms with E-state index in [1.54, 1.807) is 30.9 Å². The van der Waals surface area contributed by atoms with Crippen molar-refractivity contribution in [1.82, 2.24) is 14.9 Å². The molecule has 1 aliphatic rings. The van der Waals surface area contributed by atoms with Crippen LogP contribution in [0.25, 0.3) is 0 Å². The molecule has 148 valence electrons. The first-order chi connectivity index (χ1) is 13.5. The van der Waals surface area contributed by atoms with E-state index in [1.807, 2.05) is 25.1 Å². The van der Waals surface area contributed by atoms with Crippen LogP contribution in [0, 0.1) is 6.92 Å². The number of ether oxygens (including phenoxy) is 1. The molecule has 0 atom stereocenters. The van der Waals surface area contributed by atoms with Gasteiger partial charge in [-0.15, -0.1) is 0 Å². The topological polar surface area (TPSA) is 87.7 Å². The van der Waals surface area contributed by atoms with Gasteiger partial charge < -0.3 is 19.9 Å². The zero-order chi connectivity index (χ0) is 20.1. The number of anilines is 3. The summed E-state index contributed by atoms with van der Waals surface area (Å²) in [5, 5.41) is 3.26. The third kappa shape index (κ3) is 4.76. The number of benzene rings is 1. The number of carbonyl (C=O) groups is 2. The number of carbonyl (C=O) groups excluding carboxylic acids is 2. The Morgan fingerprint density at radius 2 is 1.79 bits per heavy atom. The lowest BCUT2D eigenvalue weighted by molar-refractivity contribution is 0.101. The second kappa shape index (κ2) is 8.69. The molecule has 1 aromatic heterocycles. The van der Waals surface area contributed by atoms with Crippen LogP contribution in [0.4, 0.5) is 22.2 Å². The SMILES string of the molecule is CCOC(=O)N1CCN(c2nc(C)cc(Nc3ccc(C(C)=O)cc3)n2)CC1. The standard InChI is InChI=1S/C20H25N5O3/c1-4-28-20(27)25-11-9-24(10-12-25)19-21-14(2)13-18(23-19)22-17-7-5-16(6-8-17)15(3)26/h5-8,13H,4,9-12H2,1-3H3,(H,21,22,23). The lowest BCUT2D eigenvalue weighted by atomic mass is 10.1. The molecular formula is C20H25N5O3. The molecule has 1 aliphatic heterocycles. The van der Waals surface area contributed by atoms with Crippen LogP contribution in [0.5, 0.6) is 0 Å². The normalized spacial score (nSPS) is 14.0. The fraction of sp³-hybridized carbons (Fsp3) is 0.400. The largest absolute Gasteiger partial charge is 0.450 e. The highest BCUT2D eigenvalue weighted by molar-refractivity contribution is 5.94. The van der Waals surface area contributed by atoms with E-state index in [0.717, 1.165) is 11.4 Å². The van der Waals surface area contributed by atoms with Crippen molar-refractivity contribution in [1.29, 1.82) is 0 Å². The summed E-state index contributed by atoms with van der Waals surface area (Å²) in [6.07, 6.45) is -0.274. The summed E-state index contributed by atoms with van der Waals surface area (Å²) >= 11 is 0. The molecule has 3 rings (SSSR count). The molecule has 0 spiro atoms. The molecule has 0 radical (unpaired) electrons. The van der Waals surface area contributed by atoms with Gasteiger partial charge in [-0.1, -0.05) is 0 Å². The highest BCUT2D eigenvalue weighted by Gasteiger charge is 2.23. The summed E-state index contributed by atoms with van der Waals surface area (Å²) in [4.78, 5) is 36.2. The Hall–Kier alpha value is -3.16. The molecule has 0 unspecified atom stereocenters. The number of nitrogens with zero attached hydrogens (tertiary/aromatic N) is 4. The molecule has 0 bridgehead atoms. The van der Waals surface area contributed by atoms with E-state index < -0.39 is 0 Å². The second-order valence-electron chi connectivity index (χ2n) is 6.63. The first-order valence-corrected chi connectivity index (χ1v) is 9.36. The quantitative estimate of drug-likeness (QED) is 0.794. The highest BCUT2D eigenvalue weighted by atomic mass is 16.6. The van der Waals surface area contributed by atoms with E-state index in [0.29, 0.717) is 50.1 Å². The smallest absolute Gasteiger partial charge is 0.409 e. The number of ketones is 1. The third-order valence-electron chi connectivity index (χ3n) is 4.49. The average Bonchev–Trinajstić information content (AvgIpc) is 2.68. The van der Waals surface area contributed by atoms with E-state index in [1.165, 1.54) is 0 Å². The molecule has 1 N–H and O–H groups in total. The molecule has 2 aromatic rings. The molecule has 8 heteroatoms. The Bertz CT molecular complexity index is 845. The summed E-state index contributed by atoms with van der Waals surface area (Å²) in [6, 6.07) is 9.15. The first-order valence-electron chi connectivity index (χ1n) is 9.36. The Morgan fingerprint density at radius 3 is 2.39 bits per heavy atom. The number of Topliss-reactive ketones (excluding diaryl/α,β-unsaturated/α-hetero) is 1. The van der Waals surface area contributed by atoms with Crippen LogP contribution < -0.4 is 10.2 Å². The maximum atomic E-state index is 11.8. The Kier molecular flexibility index (Phi) is 6.08. The van der Waals surface area contributed by atoms with Crippen LogP contribution in [0.15, 0.2) is 30.3 Å². The van der Waals surface area contributed by atoms with Gasteiger partial charge in [-0.2, -0.15) is 4.98 Å². The van der Waals surface area contributed by atoms with Gasteiger partial charge in [0.25, 0.3) is 0 Å². The fourth-order valence-corrected chi connectivity index (χ4v) is 3.00. The molecule has 28 heavy (non-hydrogen) atoms. The van der Waals surface area contributed by atoms with E-state index >= 15 is 0 Å². The van der Waals surface area contributed by atoms with Crippen molar-refractivity contribution >= 4 is 29.3 Å². The number of amides is 1. The van der Waals surface area contributed by atoms with Gasteiger partial charge in [0.05, 0.1) is 6.61 Å². The first kappa shape index (κ1) is 19.6. The minimum Gasteiger partial charge on any atom is -0.450 e. The second-order valence-corrected chi connectivity index (χ2v) is 6.63. The van der Waals surface area contributed by atoms with Gasteiger partial charge >= 0.3 is 6.09 Å². The van der Waals surface area contributed by atoms with E-state index in [9.17, 15) is 9.59 Å². The average molecular weight is 383 g/mol. The predicted octanol–water partition coefficient (Wildman–Crippen LogP) is 3.01. The monoisotopic (exact) mass is 383 g/mol. The van der Waals surface area contributed by atoms with Gasteiger partial charge in [0, 0.05) is 49.2 Å². The number of aromatic nitrogens is 2. The van der Waals surface area contributed by atoms with Crippen LogP contribution in [0.1, 0.15) is 29.9 Å². The van der Waals surface area contributed by atoms with Gasteiger partial charge in [0.2, 0.25) is 5.95 Å². The summed E-state index contributed by atoms with van der Waals surface area (Å²) in [6.45, 7) is 8.09. The fourth-order valence-electron chi connectivity index (χ4n) is 3.00. The number of piperazine rings is 1. The van der Waals surface area contributed by atoms with Crippen LogP contribution in [0.2, 0.25) is 0 Å². The molecule has 0 saturated carbocycles. The minimum atomic E-state index is -0.274.